The molecule has 0 spiro atoms. The topological polar surface area (TPSA) is 105 Å². The Hall–Kier alpha value is -3.10. The Labute approximate surface area is 354 Å². The quantitative estimate of drug-likeness (QED) is 0.0249. The van der Waals surface area contributed by atoms with E-state index in [1.165, 1.54) is 19.3 Å². The zero-order valence-corrected chi connectivity index (χ0v) is 37.9. The number of aliphatic hydroxyl groups excluding tert-OH is 1. The van der Waals surface area contributed by atoms with Gasteiger partial charge in [0.15, 0.2) is 0 Å². The molecule has 0 aliphatic carbocycles. The van der Waals surface area contributed by atoms with Crippen molar-refractivity contribution in [1.29, 1.82) is 0 Å². The molecule has 0 radical (unpaired) electrons. The zero-order valence-electron chi connectivity index (χ0n) is 37.0. The van der Waals surface area contributed by atoms with Gasteiger partial charge in [-0.05, 0) is 96.3 Å². The van der Waals surface area contributed by atoms with Crippen LogP contribution in [0.2, 0.25) is 0 Å². The summed E-state index contributed by atoms with van der Waals surface area (Å²) >= 11 is 0. The van der Waals surface area contributed by atoms with Crippen molar-refractivity contribution in [2.45, 2.75) is 142 Å². The molecule has 0 heterocycles. The lowest BCUT2D eigenvalue weighted by Crippen LogP contribution is -2.45. The fourth-order valence-electron chi connectivity index (χ4n) is 5.19. The van der Waals surface area contributed by atoms with Crippen LogP contribution in [0.1, 0.15) is 129 Å². The summed E-state index contributed by atoms with van der Waals surface area (Å²) in [4.78, 5) is 23.0. The number of allylic oxidation sites excluding steroid dienone is 19. The van der Waals surface area contributed by atoms with Gasteiger partial charge >= 0.3 is 7.82 Å². The number of aliphatic hydroxyl groups is 1. The molecule has 0 aromatic heterocycles. The Morgan fingerprint density at radius 2 is 1.03 bits per heavy atom. The van der Waals surface area contributed by atoms with Crippen LogP contribution in [0.25, 0.3) is 0 Å². The number of hydrogen-bond donors (Lipinski definition) is 3. The van der Waals surface area contributed by atoms with Gasteiger partial charge in [-0.15, -0.1) is 0 Å². The molecule has 3 N–H and O–H groups in total. The molecule has 0 rings (SSSR count). The minimum atomic E-state index is -4.36. The lowest BCUT2D eigenvalue weighted by Gasteiger charge is -2.25. The second-order valence-corrected chi connectivity index (χ2v) is 16.8. The van der Waals surface area contributed by atoms with Gasteiger partial charge in [-0.2, -0.15) is 0 Å². The number of carbonyl (C=O) groups excluding carboxylic acids is 1. The maximum atomic E-state index is 12.8. The summed E-state index contributed by atoms with van der Waals surface area (Å²) < 4.78 is 23.4. The van der Waals surface area contributed by atoms with E-state index in [-0.39, 0.29) is 25.5 Å². The second-order valence-electron chi connectivity index (χ2n) is 15.3. The normalized spacial score (nSPS) is 15.5. The molecule has 0 aliphatic rings. The van der Waals surface area contributed by atoms with E-state index in [4.69, 9.17) is 9.05 Å². The van der Waals surface area contributed by atoms with Crippen molar-refractivity contribution in [2.75, 3.05) is 40.9 Å². The third-order valence-electron chi connectivity index (χ3n) is 8.67. The molecule has 0 aromatic rings. The number of quaternary nitrogens is 1. The molecular weight excluding hydrogens is 744 g/mol. The van der Waals surface area contributed by atoms with Crippen LogP contribution in [0.3, 0.4) is 0 Å². The molecular formula is C49H82N2O6P+. The molecule has 0 aromatic carbocycles. The number of phosphoric acid groups is 1. The third-order valence-corrected chi connectivity index (χ3v) is 9.65. The molecule has 0 saturated carbocycles. The van der Waals surface area contributed by atoms with Crippen molar-refractivity contribution in [2.24, 2.45) is 0 Å². The summed E-state index contributed by atoms with van der Waals surface area (Å²) in [5.41, 5.74) is 0. The van der Waals surface area contributed by atoms with Gasteiger partial charge in [-0.25, -0.2) is 4.57 Å². The van der Waals surface area contributed by atoms with Crippen LogP contribution < -0.4 is 5.32 Å². The van der Waals surface area contributed by atoms with E-state index in [0.29, 0.717) is 17.4 Å². The van der Waals surface area contributed by atoms with Gasteiger partial charge in [-0.3, -0.25) is 13.8 Å². The highest BCUT2D eigenvalue weighted by Gasteiger charge is 2.27. The van der Waals surface area contributed by atoms with E-state index < -0.39 is 20.0 Å². The van der Waals surface area contributed by atoms with Crippen LogP contribution in [0.5, 0.6) is 0 Å². The van der Waals surface area contributed by atoms with Crippen molar-refractivity contribution in [3.63, 3.8) is 0 Å². The number of carbonyl (C=O) groups is 1. The van der Waals surface area contributed by atoms with E-state index in [1.807, 2.05) is 27.2 Å². The van der Waals surface area contributed by atoms with E-state index >= 15 is 0 Å². The number of phosphoric ester groups is 1. The summed E-state index contributed by atoms with van der Waals surface area (Å²) in [6.07, 6.45) is 58.6. The Morgan fingerprint density at radius 3 is 1.52 bits per heavy atom. The summed E-state index contributed by atoms with van der Waals surface area (Å²) in [6.45, 7) is 4.54. The monoisotopic (exact) mass is 826 g/mol. The Balaban J connectivity index is 4.42. The average molecular weight is 826 g/mol. The van der Waals surface area contributed by atoms with Crippen LogP contribution in [0.15, 0.2) is 122 Å². The van der Waals surface area contributed by atoms with E-state index in [1.54, 1.807) is 6.08 Å². The SMILES string of the molecule is CC/C=C\C/C=C\C/C=C\C/C=C\C/C=C\C/C=C\C/C=C\C/C=C\CCCCC(=O)NC(COP(=O)(O)OCC[N+](C)(C)C)C(O)/C=C/CC/C=C/CCCCC. The van der Waals surface area contributed by atoms with Gasteiger partial charge in [0, 0.05) is 6.42 Å². The van der Waals surface area contributed by atoms with Gasteiger partial charge in [0.05, 0.1) is 39.9 Å². The Bertz CT molecular complexity index is 1350. The number of amides is 1. The van der Waals surface area contributed by atoms with Crippen molar-refractivity contribution in [3.05, 3.63) is 122 Å². The predicted molar refractivity (Wildman–Crippen MR) is 248 cm³/mol. The first-order valence-corrected chi connectivity index (χ1v) is 23.4. The lowest BCUT2D eigenvalue weighted by molar-refractivity contribution is -0.870. The van der Waals surface area contributed by atoms with Crippen molar-refractivity contribution < 1.29 is 32.9 Å². The standard InChI is InChI=1S/C49H81N2O6P/c1-6-8-10-12-14-16-17-18-19-20-21-22-23-24-25-26-27-28-29-30-31-32-33-35-37-39-41-43-49(53)50-47(46-57-58(54,55)56-45-44-51(3,4)5)48(52)42-40-38-36-34-15-13-11-9-7-2/h8,10,14-16,18-19,21-22,24-25,27-28,30-31,33-35,40,42,47-48,52H,6-7,9,11-13,17,20,23,26,29,32,36-39,41,43-46H2,1-5H3,(H-,50,53,54,55)/p+1/b10-8-,16-14-,19-18-,22-21-,25-24-,28-27-,31-30-,34-15+,35-33-,42-40+. The van der Waals surface area contributed by atoms with E-state index in [2.05, 4.69) is 129 Å². The number of rotatable bonds is 37. The molecule has 1 amide bonds. The fourth-order valence-corrected chi connectivity index (χ4v) is 5.92. The first-order chi connectivity index (χ1) is 28.0. The first kappa shape index (κ1) is 54.9. The average Bonchev–Trinajstić information content (AvgIpc) is 3.17. The molecule has 0 aliphatic heterocycles. The Kier molecular flexibility index (Phi) is 37.3. The highest BCUT2D eigenvalue weighted by atomic mass is 31.2. The van der Waals surface area contributed by atoms with Gasteiger partial charge in [0.2, 0.25) is 5.91 Å². The lowest BCUT2D eigenvalue weighted by atomic mass is 10.1. The van der Waals surface area contributed by atoms with Gasteiger partial charge in [0.25, 0.3) is 0 Å². The fraction of sp³-hybridized carbons (Fsp3) is 0.571. The smallest absolute Gasteiger partial charge is 0.387 e. The number of nitrogens with one attached hydrogen (secondary N) is 1. The van der Waals surface area contributed by atoms with Crippen LogP contribution in [-0.2, 0) is 18.4 Å². The summed E-state index contributed by atoms with van der Waals surface area (Å²) in [6, 6.07) is -0.893. The van der Waals surface area contributed by atoms with Crippen LogP contribution >= 0.6 is 7.82 Å². The highest BCUT2D eigenvalue weighted by Crippen LogP contribution is 2.43. The van der Waals surface area contributed by atoms with Crippen LogP contribution in [0, 0.1) is 0 Å². The summed E-state index contributed by atoms with van der Waals surface area (Å²) in [7, 11) is 1.50. The summed E-state index contributed by atoms with van der Waals surface area (Å²) in [5, 5.41) is 13.7. The maximum absolute atomic E-state index is 12.8. The molecule has 3 atom stereocenters. The number of likely N-dealkylation sites (N-methyl/N-ethyl adjacent to an activating group) is 1. The highest BCUT2D eigenvalue weighted by molar-refractivity contribution is 7.47. The molecule has 8 nitrogen and oxygen atoms in total. The number of nitrogens with zero attached hydrogens (tertiary/aromatic N) is 1. The van der Waals surface area contributed by atoms with Gasteiger partial charge in [-0.1, -0.05) is 148 Å². The van der Waals surface area contributed by atoms with Crippen LogP contribution in [0.4, 0.5) is 0 Å². The molecule has 328 valence electrons. The number of hydrogen-bond acceptors (Lipinski definition) is 5. The van der Waals surface area contributed by atoms with Crippen molar-refractivity contribution in [3.8, 4) is 0 Å². The molecule has 0 fully saturated rings. The molecule has 9 heteroatoms. The van der Waals surface area contributed by atoms with Crippen molar-refractivity contribution in [1.82, 2.24) is 5.32 Å². The van der Waals surface area contributed by atoms with E-state index in [9.17, 15) is 19.4 Å². The van der Waals surface area contributed by atoms with E-state index in [0.717, 1.165) is 83.5 Å². The minimum absolute atomic E-state index is 0.0395. The molecule has 3 unspecified atom stereocenters. The number of unbranched alkanes of at least 4 members (excludes halogenated alkanes) is 6. The second kappa shape index (κ2) is 39.4. The minimum Gasteiger partial charge on any atom is -0.387 e. The first-order valence-electron chi connectivity index (χ1n) is 21.9. The molecule has 0 bridgehead atoms. The maximum Gasteiger partial charge on any atom is 0.472 e. The third kappa shape index (κ3) is 41.1. The Morgan fingerprint density at radius 1 is 0.603 bits per heavy atom. The predicted octanol–water partition coefficient (Wildman–Crippen LogP) is 12.3. The van der Waals surface area contributed by atoms with Gasteiger partial charge < -0.3 is 19.8 Å². The summed E-state index contributed by atoms with van der Waals surface area (Å²) in [5.74, 6) is -0.240. The largest absolute Gasteiger partial charge is 0.472 e. The molecule has 0 saturated heterocycles. The van der Waals surface area contributed by atoms with Gasteiger partial charge in [0.1, 0.15) is 13.2 Å². The zero-order chi connectivity index (χ0) is 42.8. The van der Waals surface area contributed by atoms with Crippen molar-refractivity contribution >= 4 is 13.7 Å². The molecule has 58 heavy (non-hydrogen) atoms. The van der Waals surface area contributed by atoms with Crippen LogP contribution in [-0.4, -0.2) is 73.4 Å².